The van der Waals surface area contributed by atoms with Crippen LogP contribution in [-0.2, 0) is 19.6 Å². The van der Waals surface area contributed by atoms with Crippen LogP contribution in [0, 0.1) is 50.2 Å². The highest BCUT2D eigenvalue weighted by molar-refractivity contribution is 7.88. The summed E-state index contributed by atoms with van der Waals surface area (Å²) in [4.78, 5) is 27.6. The van der Waals surface area contributed by atoms with E-state index in [-0.39, 0.29) is 62.6 Å². The topological polar surface area (TPSA) is 104 Å². The van der Waals surface area contributed by atoms with Crippen molar-refractivity contribution in [1.82, 2.24) is 9.79 Å². The van der Waals surface area contributed by atoms with Crippen molar-refractivity contribution in [2.45, 2.75) is 112 Å². The van der Waals surface area contributed by atoms with Crippen LogP contribution < -0.4 is 4.72 Å². The standard InChI is InChI=1S/C32H52N2O5S/c1-27(2)23-10-13-32(7)25(30(23,5)12-11-24(27)33-40(9,38)39)22(35)18-20-21-19-29(4,26(36)34(8)37)15-14-28(21,3)16-17-31(20,32)6/h18,21,23-25,33,37H,10-17,19H2,1-9H3/t21-,23?,24+,25+,28+,29-,30-,31+,32+/m0/s1. The average Bonchev–Trinajstić information content (AvgIpc) is 2.82. The fourth-order valence-corrected chi connectivity index (χ4v) is 12.2. The molecule has 0 bridgehead atoms. The number of nitrogens with zero attached hydrogens (tertiary/aromatic N) is 1. The van der Waals surface area contributed by atoms with E-state index < -0.39 is 15.4 Å². The number of hydrogen-bond donors (Lipinski definition) is 2. The number of ketones is 1. The summed E-state index contributed by atoms with van der Waals surface area (Å²) in [5.41, 5.74) is -0.200. The first-order valence-electron chi connectivity index (χ1n) is 15.3. The number of allylic oxidation sites excluding steroid dienone is 2. The summed E-state index contributed by atoms with van der Waals surface area (Å²) in [5, 5.41) is 10.8. The van der Waals surface area contributed by atoms with E-state index in [0.29, 0.717) is 6.42 Å². The summed E-state index contributed by atoms with van der Waals surface area (Å²) in [6.45, 7) is 15.8. The van der Waals surface area contributed by atoms with E-state index in [1.54, 1.807) is 0 Å². The molecule has 0 aromatic rings. The van der Waals surface area contributed by atoms with E-state index in [1.165, 1.54) is 18.9 Å². The maximum absolute atomic E-state index is 14.5. The number of carbonyl (C=O) groups excluding carboxylic acids is 2. The Bertz CT molecular complexity index is 1260. The van der Waals surface area contributed by atoms with Crippen LogP contribution in [0.1, 0.15) is 106 Å². The Kier molecular flexibility index (Phi) is 6.71. The quantitative estimate of drug-likeness (QED) is 0.330. The lowest BCUT2D eigenvalue weighted by Crippen LogP contribution is -2.67. The van der Waals surface area contributed by atoms with Gasteiger partial charge in [-0.15, -0.1) is 0 Å². The lowest BCUT2D eigenvalue weighted by Gasteiger charge is -2.70. The van der Waals surface area contributed by atoms with Crippen molar-refractivity contribution >= 4 is 21.7 Å². The molecule has 7 nitrogen and oxygen atoms in total. The van der Waals surface area contributed by atoms with Crippen molar-refractivity contribution in [3.63, 3.8) is 0 Å². The van der Waals surface area contributed by atoms with Crippen molar-refractivity contribution in [2.75, 3.05) is 13.3 Å². The number of carbonyl (C=O) groups is 2. The van der Waals surface area contributed by atoms with Crippen molar-refractivity contribution < 1.29 is 23.2 Å². The van der Waals surface area contributed by atoms with Gasteiger partial charge in [0.2, 0.25) is 10.0 Å². The predicted octanol–water partition coefficient (Wildman–Crippen LogP) is 5.73. The SMILES string of the molecule is CN(O)C(=O)[C@@]1(C)CC[C@]2(C)CC[C@]3(C)C(=CC(=O)[C@@H]4[C@@]5(C)CC[C@@H](NS(C)(=O)=O)C(C)(C)C5CC[C@]43C)[C@@H]2C1. The van der Waals surface area contributed by atoms with Gasteiger partial charge in [0.25, 0.3) is 5.91 Å². The summed E-state index contributed by atoms with van der Waals surface area (Å²) in [5.74, 6) is 0.249. The number of fused-ring (bicyclic) bond motifs is 7. The number of hydrogen-bond acceptors (Lipinski definition) is 5. The molecule has 2 N–H and O–H groups in total. The van der Waals surface area contributed by atoms with E-state index >= 15 is 0 Å². The van der Waals surface area contributed by atoms with Crippen LogP contribution in [0.3, 0.4) is 0 Å². The molecule has 5 aliphatic carbocycles. The van der Waals surface area contributed by atoms with Crippen LogP contribution in [0.15, 0.2) is 11.6 Å². The molecule has 0 radical (unpaired) electrons. The molecular weight excluding hydrogens is 524 g/mol. The zero-order chi connectivity index (χ0) is 29.9. The van der Waals surface area contributed by atoms with Gasteiger partial charge in [0.05, 0.1) is 6.26 Å². The van der Waals surface area contributed by atoms with Crippen molar-refractivity contribution in [2.24, 2.45) is 50.2 Å². The first-order valence-corrected chi connectivity index (χ1v) is 17.2. The van der Waals surface area contributed by atoms with Gasteiger partial charge in [-0.05, 0) is 103 Å². The molecule has 9 atom stereocenters. The summed E-state index contributed by atoms with van der Waals surface area (Å²) >= 11 is 0. The average molecular weight is 577 g/mol. The Hall–Kier alpha value is -1.25. The lowest BCUT2D eigenvalue weighted by molar-refractivity contribution is -0.190. The third kappa shape index (κ3) is 4.05. The van der Waals surface area contributed by atoms with Crippen molar-refractivity contribution in [3.05, 3.63) is 11.6 Å². The van der Waals surface area contributed by atoms with Crippen LogP contribution in [0.2, 0.25) is 0 Å². The van der Waals surface area contributed by atoms with Gasteiger partial charge in [-0.3, -0.25) is 14.8 Å². The maximum atomic E-state index is 14.5. The lowest BCUT2D eigenvalue weighted by atomic mass is 9.33. The molecule has 0 heterocycles. The van der Waals surface area contributed by atoms with Crippen LogP contribution in [0.5, 0.6) is 0 Å². The third-order valence-corrected chi connectivity index (χ3v) is 14.5. The minimum Gasteiger partial charge on any atom is -0.295 e. The number of amides is 1. The van der Waals surface area contributed by atoms with E-state index in [2.05, 4.69) is 46.3 Å². The molecule has 1 amide bonds. The zero-order valence-electron chi connectivity index (χ0n) is 26.2. The van der Waals surface area contributed by atoms with E-state index in [1.807, 2.05) is 13.0 Å². The van der Waals surface area contributed by atoms with Crippen LogP contribution >= 0.6 is 0 Å². The van der Waals surface area contributed by atoms with Crippen molar-refractivity contribution in [3.8, 4) is 0 Å². The van der Waals surface area contributed by atoms with Crippen molar-refractivity contribution in [1.29, 1.82) is 0 Å². The predicted molar refractivity (Wildman–Crippen MR) is 156 cm³/mol. The summed E-state index contributed by atoms with van der Waals surface area (Å²) < 4.78 is 27.4. The minimum atomic E-state index is -3.33. The molecule has 0 aromatic heterocycles. The molecule has 8 heteroatoms. The molecule has 0 spiro atoms. The fourth-order valence-electron chi connectivity index (χ4n) is 11.2. The number of hydroxylamine groups is 2. The number of sulfonamides is 1. The van der Waals surface area contributed by atoms with Gasteiger partial charge in [0.1, 0.15) is 0 Å². The molecule has 40 heavy (non-hydrogen) atoms. The normalized spacial score (nSPS) is 48.1. The Labute approximate surface area is 241 Å². The second-order valence-corrected chi connectivity index (χ2v) is 18.2. The Morgan fingerprint density at radius 2 is 1.60 bits per heavy atom. The van der Waals surface area contributed by atoms with Crippen LogP contribution in [0.4, 0.5) is 0 Å². The van der Waals surface area contributed by atoms with E-state index in [0.717, 1.165) is 56.4 Å². The van der Waals surface area contributed by atoms with E-state index in [9.17, 15) is 23.2 Å². The molecule has 0 saturated heterocycles. The minimum absolute atomic E-state index is 0.0428. The molecule has 5 rings (SSSR count). The largest absolute Gasteiger partial charge is 0.295 e. The van der Waals surface area contributed by atoms with Gasteiger partial charge in [-0.1, -0.05) is 54.0 Å². The molecule has 0 aliphatic heterocycles. The summed E-state index contributed by atoms with van der Waals surface area (Å²) in [6, 6.07) is -0.136. The van der Waals surface area contributed by atoms with Gasteiger partial charge >= 0.3 is 0 Å². The Morgan fingerprint density at radius 3 is 2.20 bits per heavy atom. The molecule has 5 aliphatic rings. The van der Waals surface area contributed by atoms with Gasteiger partial charge in [-0.2, -0.15) is 0 Å². The first-order chi connectivity index (χ1) is 18.1. The number of rotatable bonds is 3. The van der Waals surface area contributed by atoms with Gasteiger partial charge in [0, 0.05) is 24.4 Å². The Morgan fingerprint density at radius 1 is 0.975 bits per heavy atom. The zero-order valence-corrected chi connectivity index (χ0v) is 27.0. The third-order valence-electron chi connectivity index (χ3n) is 13.8. The highest BCUT2D eigenvalue weighted by atomic mass is 32.2. The molecule has 4 saturated carbocycles. The monoisotopic (exact) mass is 576 g/mol. The highest BCUT2D eigenvalue weighted by Crippen LogP contribution is 2.75. The molecule has 1 unspecified atom stereocenters. The summed E-state index contributed by atoms with van der Waals surface area (Å²) in [7, 11) is -1.91. The number of nitrogens with one attached hydrogen (secondary N) is 1. The molecule has 4 fully saturated rings. The van der Waals surface area contributed by atoms with Gasteiger partial charge < -0.3 is 0 Å². The second-order valence-electron chi connectivity index (χ2n) is 16.4. The first kappa shape index (κ1) is 30.2. The van der Waals surface area contributed by atoms with E-state index in [4.69, 9.17) is 0 Å². The molecule has 226 valence electrons. The molecular formula is C32H52N2O5S. The smallest absolute Gasteiger partial charge is 0.251 e. The fraction of sp³-hybridized carbons (Fsp3) is 0.875. The Balaban J connectivity index is 1.56. The summed E-state index contributed by atoms with van der Waals surface area (Å²) in [6.07, 6.45) is 11.2. The van der Waals surface area contributed by atoms with Gasteiger partial charge in [-0.25, -0.2) is 18.2 Å². The second kappa shape index (κ2) is 8.89. The van der Waals surface area contributed by atoms with Gasteiger partial charge in [0.15, 0.2) is 5.78 Å². The van der Waals surface area contributed by atoms with Crippen LogP contribution in [0.25, 0.3) is 0 Å². The molecule has 0 aromatic carbocycles. The highest BCUT2D eigenvalue weighted by Gasteiger charge is 2.70. The maximum Gasteiger partial charge on any atom is 0.251 e. The van der Waals surface area contributed by atoms with Crippen LogP contribution in [-0.4, -0.2) is 49.7 Å².